The summed E-state index contributed by atoms with van der Waals surface area (Å²) in [4.78, 5) is 25.6. The zero-order valence-electron chi connectivity index (χ0n) is 11.6. The molecule has 0 bridgehead atoms. The molecule has 0 fully saturated rings. The highest BCUT2D eigenvalue weighted by atomic mass is 32.1. The van der Waals surface area contributed by atoms with E-state index < -0.39 is 0 Å². The lowest BCUT2D eigenvalue weighted by Gasteiger charge is -2.09. The molecule has 3 rings (SSSR count). The predicted octanol–water partition coefficient (Wildman–Crippen LogP) is 3.24. The monoisotopic (exact) mass is 303 g/mol. The smallest absolute Gasteiger partial charge is 0.265 e. The number of hydrogen-bond acceptors (Lipinski definition) is 5. The van der Waals surface area contributed by atoms with Crippen LogP contribution in [0.3, 0.4) is 0 Å². The Morgan fingerprint density at radius 3 is 2.52 bits per heavy atom. The van der Waals surface area contributed by atoms with Crippen molar-refractivity contribution in [3.8, 4) is 11.5 Å². The normalized spacial score (nSPS) is 12.3. The summed E-state index contributed by atoms with van der Waals surface area (Å²) in [6.45, 7) is 3.50. The highest BCUT2D eigenvalue weighted by molar-refractivity contribution is 7.14. The lowest BCUT2D eigenvalue weighted by molar-refractivity contribution is 0.101. The first-order chi connectivity index (χ1) is 10.0. The molecule has 0 spiro atoms. The number of carbonyl (C=O) groups is 2. The van der Waals surface area contributed by atoms with E-state index >= 15 is 0 Å². The molecule has 0 saturated carbocycles. The predicted molar refractivity (Wildman–Crippen MR) is 79.6 cm³/mol. The summed E-state index contributed by atoms with van der Waals surface area (Å²) in [5, 5.41) is 2.77. The lowest BCUT2D eigenvalue weighted by atomic mass is 10.1. The van der Waals surface area contributed by atoms with Crippen molar-refractivity contribution < 1.29 is 19.1 Å². The van der Waals surface area contributed by atoms with E-state index in [0.717, 1.165) is 4.88 Å². The Morgan fingerprint density at radius 1 is 1.19 bits per heavy atom. The van der Waals surface area contributed by atoms with E-state index in [4.69, 9.17) is 9.47 Å². The van der Waals surface area contributed by atoms with Gasteiger partial charge in [0.1, 0.15) is 0 Å². The van der Waals surface area contributed by atoms with Gasteiger partial charge < -0.3 is 14.8 Å². The molecule has 1 aliphatic heterocycles. The summed E-state index contributed by atoms with van der Waals surface area (Å²) in [5.74, 6) is 0.656. The fraction of sp³-hybridized carbons (Fsp3) is 0.200. The van der Waals surface area contributed by atoms with Gasteiger partial charge in [-0.15, -0.1) is 11.3 Å². The zero-order valence-corrected chi connectivity index (χ0v) is 12.4. The molecule has 5 nitrogen and oxygen atoms in total. The van der Waals surface area contributed by atoms with Crippen molar-refractivity contribution in [2.45, 2.75) is 13.8 Å². The van der Waals surface area contributed by atoms with E-state index in [1.54, 1.807) is 18.2 Å². The minimum atomic E-state index is -0.241. The van der Waals surface area contributed by atoms with Gasteiger partial charge in [0.15, 0.2) is 17.3 Å². The SMILES string of the molecule is CC(=O)c1cc2c(cc1NC(=O)c1ccc(C)s1)OCO2. The number of aryl methyl sites for hydroxylation is 1. The summed E-state index contributed by atoms with van der Waals surface area (Å²) in [6.07, 6.45) is 0. The molecule has 1 N–H and O–H groups in total. The van der Waals surface area contributed by atoms with Crippen LogP contribution in [0, 0.1) is 6.92 Å². The summed E-state index contributed by atoms with van der Waals surface area (Å²) in [7, 11) is 0. The van der Waals surface area contributed by atoms with E-state index in [0.29, 0.717) is 27.6 Å². The minimum absolute atomic E-state index is 0.119. The van der Waals surface area contributed by atoms with Crippen LogP contribution >= 0.6 is 11.3 Å². The number of Topliss-reactive ketones (excluding diaryl/α,β-unsaturated/α-hetero) is 1. The first kappa shape index (κ1) is 13.6. The number of ether oxygens (including phenoxy) is 2. The number of ketones is 1. The average molecular weight is 303 g/mol. The molecular weight excluding hydrogens is 290 g/mol. The fourth-order valence-corrected chi connectivity index (χ4v) is 2.84. The van der Waals surface area contributed by atoms with Crippen molar-refractivity contribution in [1.82, 2.24) is 0 Å². The van der Waals surface area contributed by atoms with E-state index in [2.05, 4.69) is 5.32 Å². The molecule has 2 aromatic rings. The van der Waals surface area contributed by atoms with Crippen LogP contribution in [0.5, 0.6) is 11.5 Å². The number of anilines is 1. The maximum absolute atomic E-state index is 12.2. The zero-order chi connectivity index (χ0) is 15.0. The van der Waals surface area contributed by atoms with E-state index in [9.17, 15) is 9.59 Å². The first-order valence-corrected chi connectivity index (χ1v) is 7.18. The molecule has 1 aromatic carbocycles. The minimum Gasteiger partial charge on any atom is -0.454 e. The van der Waals surface area contributed by atoms with E-state index in [1.807, 2.05) is 13.0 Å². The van der Waals surface area contributed by atoms with E-state index in [-0.39, 0.29) is 18.5 Å². The number of thiophene rings is 1. The molecule has 0 aliphatic carbocycles. The number of amides is 1. The standard InChI is InChI=1S/C15H13NO4S/c1-8-3-4-14(21-8)15(18)16-11-6-13-12(19-7-20-13)5-10(11)9(2)17/h3-6H,7H2,1-2H3,(H,16,18). The van der Waals surface area contributed by atoms with E-state index in [1.165, 1.54) is 18.3 Å². The van der Waals surface area contributed by atoms with Crippen LogP contribution in [0.15, 0.2) is 24.3 Å². The van der Waals surface area contributed by atoms with Crippen LogP contribution in [-0.2, 0) is 0 Å². The Hall–Kier alpha value is -2.34. The molecule has 1 amide bonds. The maximum atomic E-state index is 12.2. The number of hydrogen-bond donors (Lipinski definition) is 1. The molecule has 0 atom stereocenters. The molecular formula is C15H13NO4S. The van der Waals surface area contributed by atoms with Gasteiger partial charge in [-0.05, 0) is 32.0 Å². The van der Waals surface area contributed by atoms with Gasteiger partial charge in [-0.1, -0.05) is 0 Å². The van der Waals surface area contributed by atoms with Crippen molar-refractivity contribution in [2.24, 2.45) is 0 Å². The topological polar surface area (TPSA) is 64.6 Å². The van der Waals surface area contributed by atoms with Crippen LogP contribution in [0.1, 0.15) is 31.8 Å². The van der Waals surface area contributed by atoms with Gasteiger partial charge in [0, 0.05) is 16.5 Å². The molecule has 0 saturated heterocycles. The third-order valence-corrected chi connectivity index (χ3v) is 4.10. The second-order valence-electron chi connectivity index (χ2n) is 4.67. The van der Waals surface area contributed by atoms with Gasteiger partial charge in [-0.25, -0.2) is 0 Å². The number of fused-ring (bicyclic) bond motifs is 1. The van der Waals surface area contributed by atoms with Crippen LogP contribution in [-0.4, -0.2) is 18.5 Å². The Morgan fingerprint density at radius 2 is 1.90 bits per heavy atom. The Bertz CT molecular complexity index is 735. The van der Waals surface area contributed by atoms with Gasteiger partial charge in [0.25, 0.3) is 5.91 Å². The maximum Gasteiger partial charge on any atom is 0.265 e. The molecule has 108 valence electrons. The van der Waals surface area contributed by atoms with Crippen LogP contribution in [0.25, 0.3) is 0 Å². The second kappa shape index (κ2) is 5.21. The second-order valence-corrected chi connectivity index (χ2v) is 5.96. The van der Waals surface area contributed by atoms with Gasteiger partial charge in [0.2, 0.25) is 6.79 Å². The van der Waals surface area contributed by atoms with Crippen LogP contribution in [0.2, 0.25) is 0 Å². The van der Waals surface area contributed by atoms with Gasteiger partial charge in [-0.2, -0.15) is 0 Å². The highest BCUT2D eigenvalue weighted by Crippen LogP contribution is 2.37. The fourth-order valence-electron chi connectivity index (χ4n) is 2.08. The third kappa shape index (κ3) is 2.62. The van der Waals surface area contributed by atoms with Crippen molar-refractivity contribution >= 4 is 28.7 Å². The molecule has 1 aromatic heterocycles. The lowest BCUT2D eigenvalue weighted by Crippen LogP contribution is -2.13. The summed E-state index contributed by atoms with van der Waals surface area (Å²) in [6, 6.07) is 6.86. The van der Waals surface area contributed by atoms with Gasteiger partial charge in [-0.3, -0.25) is 9.59 Å². The molecule has 0 radical (unpaired) electrons. The van der Waals surface area contributed by atoms with Crippen molar-refractivity contribution in [2.75, 3.05) is 12.1 Å². The number of benzene rings is 1. The summed E-state index contributed by atoms with van der Waals surface area (Å²) in [5.41, 5.74) is 0.837. The van der Waals surface area contributed by atoms with Crippen molar-refractivity contribution in [1.29, 1.82) is 0 Å². The summed E-state index contributed by atoms with van der Waals surface area (Å²) >= 11 is 1.40. The molecule has 2 heterocycles. The quantitative estimate of drug-likeness (QED) is 0.884. The molecule has 1 aliphatic rings. The van der Waals surface area contributed by atoms with Crippen LogP contribution in [0.4, 0.5) is 5.69 Å². The number of nitrogens with one attached hydrogen (secondary N) is 1. The number of rotatable bonds is 3. The van der Waals surface area contributed by atoms with Crippen molar-refractivity contribution in [3.63, 3.8) is 0 Å². The number of carbonyl (C=O) groups excluding carboxylic acids is 2. The Balaban J connectivity index is 1.94. The molecule has 0 unspecified atom stereocenters. The highest BCUT2D eigenvalue weighted by Gasteiger charge is 2.21. The Kier molecular flexibility index (Phi) is 3.39. The third-order valence-electron chi connectivity index (χ3n) is 3.10. The van der Waals surface area contributed by atoms with Gasteiger partial charge >= 0.3 is 0 Å². The average Bonchev–Trinajstić information content (AvgIpc) is 3.05. The molecule has 21 heavy (non-hydrogen) atoms. The largest absolute Gasteiger partial charge is 0.454 e. The van der Waals surface area contributed by atoms with Gasteiger partial charge in [0.05, 0.1) is 10.6 Å². The van der Waals surface area contributed by atoms with Crippen molar-refractivity contribution in [3.05, 3.63) is 39.6 Å². The van der Waals surface area contributed by atoms with Crippen LogP contribution < -0.4 is 14.8 Å². The molecule has 6 heteroatoms. The summed E-state index contributed by atoms with van der Waals surface area (Å²) < 4.78 is 10.5. The Labute approximate surface area is 125 Å². The first-order valence-electron chi connectivity index (χ1n) is 6.37.